The number of hydrogen-bond acceptors (Lipinski definition) is 4. The van der Waals surface area contributed by atoms with Crippen LogP contribution in [0.1, 0.15) is 28.9 Å². The molecule has 0 aromatic heterocycles. The first-order valence-corrected chi connectivity index (χ1v) is 8.36. The maximum atomic E-state index is 12.4. The standard InChI is InChI=1S/C20H26N2O3/c1-5-25-18-12-6-15(7-13-18)19(22(2)3)14-21-20(23)16-8-10-17(24-4)11-9-16/h6-13,19H,5,14H2,1-4H3,(H,21,23). The molecule has 2 rings (SSSR count). The van der Waals surface area contributed by atoms with Crippen molar-refractivity contribution in [1.29, 1.82) is 0 Å². The van der Waals surface area contributed by atoms with Gasteiger partial charge in [-0.05, 0) is 63.0 Å². The van der Waals surface area contributed by atoms with Crippen molar-refractivity contribution in [1.82, 2.24) is 10.2 Å². The molecule has 0 bridgehead atoms. The lowest BCUT2D eigenvalue weighted by molar-refractivity contribution is 0.0942. The number of amides is 1. The van der Waals surface area contributed by atoms with Crippen LogP contribution in [0.4, 0.5) is 0 Å². The highest BCUT2D eigenvalue weighted by atomic mass is 16.5. The van der Waals surface area contributed by atoms with Crippen molar-refractivity contribution in [3.05, 3.63) is 59.7 Å². The van der Waals surface area contributed by atoms with Crippen LogP contribution in [-0.2, 0) is 0 Å². The average Bonchev–Trinajstić information content (AvgIpc) is 2.63. The molecule has 0 spiro atoms. The summed E-state index contributed by atoms with van der Waals surface area (Å²) < 4.78 is 10.6. The summed E-state index contributed by atoms with van der Waals surface area (Å²) >= 11 is 0. The summed E-state index contributed by atoms with van der Waals surface area (Å²) in [6.07, 6.45) is 0. The highest BCUT2D eigenvalue weighted by Crippen LogP contribution is 2.21. The van der Waals surface area contributed by atoms with Crippen LogP contribution >= 0.6 is 0 Å². The lowest BCUT2D eigenvalue weighted by atomic mass is 10.1. The van der Waals surface area contributed by atoms with E-state index in [9.17, 15) is 4.79 Å². The molecule has 0 aliphatic carbocycles. The third kappa shape index (κ3) is 5.22. The van der Waals surface area contributed by atoms with Crippen LogP contribution in [0.2, 0.25) is 0 Å². The minimum absolute atomic E-state index is 0.0814. The highest BCUT2D eigenvalue weighted by molar-refractivity contribution is 5.94. The van der Waals surface area contributed by atoms with E-state index in [-0.39, 0.29) is 11.9 Å². The molecule has 0 aliphatic heterocycles. The fraction of sp³-hybridized carbons (Fsp3) is 0.350. The summed E-state index contributed by atoms with van der Waals surface area (Å²) in [7, 11) is 5.61. The van der Waals surface area contributed by atoms with Gasteiger partial charge in [-0.1, -0.05) is 12.1 Å². The number of methoxy groups -OCH3 is 1. The van der Waals surface area contributed by atoms with Gasteiger partial charge in [0.25, 0.3) is 5.91 Å². The third-order valence-electron chi connectivity index (χ3n) is 4.01. The summed E-state index contributed by atoms with van der Waals surface area (Å²) in [5, 5.41) is 3.00. The van der Waals surface area contributed by atoms with Crippen molar-refractivity contribution in [2.24, 2.45) is 0 Å². The highest BCUT2D eigenvalue weighted by Gasteiger charge is 2.16. The van der Waals surface area contributed by atoms with Crippen molar-refractivity contribution in [3.8, 4) is 11.5 Å². The van der Waals surface area contributed by atoms with Gasteiger partial charge in [0.1, 0.15) is 11.5 Å². The Hall–Kier alpha value is -2.53. The SMILES string of the molecule is CCOc1ccc(C(CNC(=O)c2ccc(OC)cc2)N(C)C)cc1. The molecule has 5 heteroatoms. The Morgan fingerprint density at radius 1 is 1.04 bits per heavy atom. The first kappa shape index (κ1) is 18.8. The number of nitrogens with one attached hydrogen (secondary N) is 1. The number of carbonyl (C=O) groups excluding carboxylic acids is 1. The summed E-state index contributed by atoms with van der Waals surface area (Å²) in [5.74, 6) is 1.49. The van der Waals surface area contributed by atoms with E-state index in [0.29, 0.717) is 18.7 Å². The number of carbonyl (C=O) groups is 1. The molecule has 2 aromatic rings. The van der Waals surface area contributed by atoms with Gasteiger partial charge in [-0.2, -0.15) is 0 Å². The van der Waals surface area contributed by atoms with E-state index in [0.717, 1.165) is 17.1 Å². The molecule has 5 nitrogen and oxygen atoms in total. The first-order valence-electron chi connectivity index (χ1n) is 8.36. The van der Waals surface area contributed by atoms with Crippen LogP contribution in [0.15, 0.2) is 48.5 Å². The zero-order chi connectivity index (χ0) is 18.2. The van der Waals surface area contributed by atoms with Gasteiger partial charge < -0.3 is 19.7 Å². The van der Waals surface area contributed by atoms with Gasteiger partial charge in [0.2, 0.25) is 0 Å². The number of ether oxygens (including phenoxy) is 2. The smallest absolute Gasteiger partial charge is 0.251 e. The molecule has 0 radical (unpaired) electrons. The van der Waals surface area contributed by atoms with Crippen molar-refractivity contribution in [2.75, 3.05) is 34.4 Å². The molecule has 1 amide bonds. The normalized spacial score (nSPS) is 11.9. The number of hydrogen-bond donors (Lipinski definition) is 1. The lowest BCUT2D eigenvalue weighted by Crippen LogP contribution is -2.34. The van der Waals surface area contributed by atoms with Gasteiger partial charge in [-0.25, -0.2) is 0 Å². The Bertz CT molecular complexity index is 666. The number of nitrogens with zero attached hydrogens (tertiary/aromatic N) is 1. The Morgan fingerprint density at radius 3 is 2.16 bits per heavy atom. The summed E-state index contributed by atoms with van der Waals surface area (Å²) in [5.41, 5.74) is 1.74. The molecule has 0 heterocycles. The Morgan fingerprint density at radius 2 is 1.64 bits per heavy atom. The van der Waals surface area contributed by atoms with Crippen LogP contribution < -0.4 is 14.8 Å². The largest absolute Gasteiger partial charge is 0.497 e. The molecule has 2 aromatic carbocycles. The molecule has 0 saturated carbocycles. The molecule has 0 fully saturated rings. The fourth-order valence-corrected chi connectivity index (χ4v) is 2.59. The van der Waals surface area contributed by atoms with Crippen molar-refractivity contribution in [2.45, 2.75) is 13.0 Å². The zero-order valence-corrected chi connectivity index (χ0v) is 15.3. The van der Waals surface area contributed by atoms with Crippen LogP contribution in [0.5, 0.6) is 11.5 Å². The van der Waals surface area contributed by atoms with Crippen LogP contribution in [0, 0.1) is 0 Å². The van der Waals surface area contributed by atoms with E-state index in [1.807, 2.05) is 45.3 Å². The van der Waals surface area contributed by atoms with E-state index < -0.39 is 0 Å². The molecule has 1 unspecified atom stereocenters. The number of rotatable bonds is 8. The predicted octanol–water partition coefficient (Wildman–Crippen LogP) is 3.13. The van der Waals surface area contributed by atoms with Crippen molar-refractivity contribution in [3.63, 3.8) is 0 Å². The third-order valence-corrected chi connectivity index (χ3v) is 4.01. The monoisotopic (exact) mass is 342 g/mol. The van der Waals surface area contributed by atoms with Crippen LogP contribution in [0.3, 0.4) is 0 Å². The van der Waals surface area contributed by atoms with Gasteiger partial charge in [-0.15, -0.1) is 0 Å². The maximum Gasteiger partial charge on any atom is 0.251 e. The maximum absolute atomic E-state index is 12.4. The lowest BCUT2D eigenvalue weighted by Gasteiger charge is -2.25. The molecule has 134 valence electrons. The fourth-order valence-electron chi connectivity index (χ4n) is 2.59. The second-order valence-electron chi connectivity index (χ2n) is 5.92. The van der Waals surface area contributed by atoms with Crippen LogP contribution in [0.25, 0.3) is 0 Å². The van der Waals surface area contributed by atoms with Crippen molar-refractivity contribution < 1.29 is 14.3 Å². The molecule has 25 heavy (non-hydrogen) atoms. The van der Waals surface area contributed by atoms with Gasteiger partial charge >= 0.3 is 0 Å². The summed E-state index contributed by atoms with van der Waals surface area (Å²) in [4.78, 5) is 14.4. The van der Waals surface area contributed by atoms with E-state index in [2.05, 4.69) is 10.2 Å². The Balaban J connectivity index is 2.02. The second kappa shape index (κ2) is 9.08. The first-order chi connectivity index (χ1) is 12.0. The predicted molar refractivity (Wildman–Crippen MR) is 99.4 cm³/mol. The van der Waals surface area contributed by atoms with Gasteiger partial charge in [0.05, 0.1) is 19.8 Å². The number of benzene rings is 2. The zero-order valence-electron chi connectivity index (χ0n) is 15.3. The Kier molecular flexibility index (Phi) is 6.83. The summed E-state index contributed by atoms with van der Waals surface area (Å²) in [6.45, 7) is 3.13. The second-order valence-corrected chi connectivity index (χ2v) is 5.92. The van der Waals surface area contributed by atoms with E-state index in [1.165, 1.54) is 0 Å². The number of likely N-dealkylation sites (N-methyl/N-ethyl adjacent to an activating group) is 1. The van der Waals surface area contributed by atoms with Crippen molar-refractivity contribution >= 4 is 5.91 Å². The van der Waals surface area contributed by atoms with Gasteiger partial charge in [0.15, 0.2) is 0 Å². The Labute approximate surface area is 149 Å². The molecule has 0 saturated heterocycles. The quantitative estimate of drug-likeness (QED) is 0.801. The molecule has 1 N–H and O–H groups in total. The molecule has 1 atom stereocenters. The minimum atomic E-state index is -0.0968. The molecule has 0 aliphatic rings. The van der Waals surface area contributed by atoms with E-state index in [4.69, 9.17) is 9.47 Å². The van der Waals surface area contributed by atoms with Gasteiger partial charge in [-0.3, -0.25) is 4.79 Å². The van der Waals surface area contributed by atoms with E-state index in [1.54, 1.807) is 31.4 Å². The average molecular weight is 342 g/mol. The minimum Gasteiger partial charge on any atom is -0.497 e. The topological polar surface area (TPSA) is 50.8 Å². The van der Waals surface area contributed by atoms with E-state index >= 15 is 0 Å². The molecular formula is C20H26N2O3. The summed E-state index contributed by atoms with van der Waals surface area (Å²) in [6, 6.07) is 15.2. The molecular weight excluding hydrogens is 316 g/mol. The van der Waals surface area contributed by atoms with Gasteiger partial charge in [0, 0.05) is 12.1 Å². The van der Waals surface area contributed by atoms with Crippen LogP contribution in [-0.4, -0.2) is 45.2 Å².